The highest BCUT2D eigenvalue weighted by Gasteiger charge is 2.17. The molecule has 146 valence electrons. The Balaban J connectivity index is 2.33. The third-order valence-corrected chi connectivity index (χ3v) is 5.68. The van der Waals surface area contributed by atoms with Gasteiger partial charge in [0.15, 0.2) is 0 Å². The minimum Gasteiger partial charge on any atom is -0.0985 e. The number of fused-ring (bicyclic) bond motifs is 2. The molecule has 0 heterocycles. The second-order valence-electron chi connectivity index (χ2n) is 7.34. The van der Waals surface area contributed by atoms with Crippen LogP contribution in [-0.2, 0) is 0 Å². The van der Waals surface area contributed by atoms with Crippen molar-refractivity contribution in [3.8, 4) is 11.1 Å². The molecule has 0 aromatic heterocycles. The lowest BCUT2D eigenvalue weighted by molar-refractivity contribution is 1.62. The first kappa shape index (κ1) is 19.7. The van der Waals surface area contributed by atoms with Crippen LogP contribution in [0.5, 0.6) is 0 Å². The molecule has 0 aliphatic heterocycles. The molecule has 0 saturated carbocycles. The van der Waals surface area contributed by atoms with Gasteiger partial charge in [0.1, 0.15) is 0 Å². The highest BCUT2D eigenvalue weighted by Crippen LogP contribution is 2.43. The smallest absolute Gasteiger partial charge is 0.00262 e. The topological polar surface area (TPSA) is 0 Å². The molecule has 0 unspecified atom stereocenters. The fraction of sp³-hybridized carbons (Fsp3) is 0.0667. The second-order valence-corrected chi connectivity index (χ2v) is 7.34. The van der Waals surface area contributed by atoms with Crippen molar-refractivity contribution in [1.29, 1.82) is 0 Å². The summed E-state index contributed by atoms with van der Waals surface area (Å²) in [6.45, 7) is 12.3. The summed E-state index contributed by atoms with van der Waals surface area (Å²) in [5.41, 5.74) is 7.18. The third-order valence-electron chi connectivity index (χ3n) is 5.68. The van der Waals surface area contributed by atoms with Gasteiger partial charge in [-0.1, -0.05) is 98.1 Å². The van der Waals surface area contributed by atoms with Crippen LogP contribution in [0.2, 0.25) is 0 Å². The van der Waals surface area contributed by atoms with E-state index in [-0.39, 0.29) is 0 Å². The monoisotopic (exact) mass is 386 g/mol. The quantitative estimate of drug-likeness (QED) is 0.237. The van der Waals surface area contributed by atoms with Gasteiger partial charge < -0.3 is 0 Å². The van der Waals surface area contributed by atoms with Crippen LogP contribution in [0.4, 0.5) is 0 Å². The van der Waals surface area contributed by atoms with Crippen molar-refractivity contribution in [2.45, 2.75) is 13.8 Å². The van der Waals surface area contributed by atoms with Crippen molar-refractivity contribution >= 4 is 39.3 Å². The minimum absolute atomic E-state index is 1.13. The summed E-state index contributed by atoms with van der Waals surface area (Å²) >= 11 is 0. The van der Waals surface area contributed by atoms with E-state index in [9.17, 15) is 0 Å². The van der Waals surface area contributed by atoms with E-state index in [0.717, 1.165) is 11.1 Å². The van der Waals surface area contributed by atoms with Gasteiger partial charge in [-0.2, -0.15) is 0 Å². The Bertz CT molecular complexity index is 1320. The van der Waals surface area contributed by atoms with E-state index >= 15 is 0 Å². The van der Waals surface area contributed by atoms with E-state index in [1.807, 2.05) is 12.2 Å². The zero-order chi connectivity index (χ0) is 21.1. The predicted molar refractivity (Wildman–Crippen MR) is 136 cm³/mol. The number of hydrogen-bond acceptors (Lipinski definition) is 0. The molecular weight excluding hydrogens is 360 g/mol. The van der Waals surface area contributed by atoms with E-state index in [1.54, 1.807) is 0 Å². The standard InChI is InChI=1S/C30H26/c1-5-14-24-20-28-27(19-22(24)8-4)29(21(6-2)7-3)25-17-12-13-18-26(25)30(28)23-15-10-9-11-16-23/h5-20H,2,4H2,1,3H3/b14-5-,21-7+. The molecule has 4 aromatic carbocycles. The Morgan fingerprint density at radius 2 is 1.40 bits per heavy atom. The number of hydrogen-bond donors (Lipinski definition) is 0. The summed E-state index contributed by atoms with van der Waals surface area (Å²) < 4.78 is 0. The van der Waals surface area contributed by atoms with E-state index in [0.29, 0.717) is 0 Å². The highest BCUT2D eigenvalue weighted by molar-refractivity contribution is 6.20. The lowest BCUT2D eigenvalue weighted by atomic mass is 9.84. The van der Waals surface area contributed by atoms with Crippen LogP contribution < -0.4 is 0 Å². The zero-order valence-corrected chi connectivity index (χ0v) is 17.7. The van der Waals surface area contributed by atoms with E-state index in [2.05, 4.69) is 112 Å². The maximum Gasteiger partial charge on any atom is -0.00262 e. The van der Waals surface area contributed by atoms with E-state index in [4.69, 9.17) is 0 Å². The maximum atomic E-state index is 4.09. The summed E-state index contributed by atoms with van der Waals surface area (Å²) in [6.07, 6.45) is 10.3. The second kappa shape index (κ2) is 8.39. The van der Waals surface area contributed by atoms with Crippen LogP contribution in [0, 0.1) is 0 Å². The number of allylic oxidation sites excluding steroid dienone is 4. The lowest BCUT2D eigenvalue weighted by Gasteiger charge is -2.19. The zero-order valence-electron chi connectivity index (χ0n) is 17.7. The maximum absolute atomic E-state index is 4.09. The normalized spacial score (nSPS) is 12.0. The van der Waals surface area contributed by atoms with Crippen molar-refractivity contribution < 1.29 is 0 Å². The first-order valence-electron chi connectivity index (χ1n) is 10.4. The average Bonchev–Trinajstić information content (AvgIpc) is 2.79. The van der Waals surface area contributed by atoms with Gasteiger partial charge in [0.05, 0.1) is 0 Å². The van der Waals surface area contributed by atoms with Gasteiger partial charge in [0.25, 0.3) is 0 Å². The van der Waals surface area contributed by atoms with Crippen molar-refractivity contribution in [1.82, 2.24) is 0 Å². The van der Waals surface area contributed by atoms with Gasteiger partial charge in [-0.3, -0.25) is 0 Å². The van der Waals surface area contributed by atoms with Crippen molar-refractivity contribution in [3.05, 3.63) is 115 Å². The summed E-state index contributed by atoms with van der Waals surface area (Å²) in [5, 5.41) is 4.97. The van der Waals surface area contributed by atoms with Crippen LogP contribution >= 0.6 is 0 Å². The molecule has 0 heteroatoms. The molecule has 0 aliphatic carbocycles. The molecule has 0 aliphatic rings. The largest absolute Gasteiger partial charge is 0.0985 e. The SMILES string of the molecule is C=C/C(=C\C)c1c2ccccc2c(-c2ccccc2)c2cc(/C=C\C)c(C=C)cc12. The Hall–Kier alpha value is -3.64. The molecule has 30 heavy (non-hydrogen) atoms. The molecule has 0 fully saturated rings. The molecule has 0 N–H and O–H groups in total. The van der Waals surface area contributed by atoms with Crippen LogP contribution in [0.3, 0.4) is 0 Å². The summed E-state index contributed by atoms with van der Waals surface area (Å²) in [5.74, 6) is 0. The van der Waals surface area contributed by atoms with Gasteiger partial charge in [-0.25, -0.2) is 0 Å². The first-order chi connectivity index (χ1) is 14.7. The average molecular weight is 387 g/mol. The van der Waals surface area contributed by atoms with Crippen LogP contribution in [0.1, 0.15) is 30.5 Å². The summed E-state index contributed by atoms with van der Waals surface area (Å²) in [4.78, 5) is 0. The molecule has 0 nitrogen and oxygen atoms in total. The summed E-state index contributed by atoms with van der Waals surface area (Å²) in [7, 11) is 0. The van der Waals surface area contributed by atoms with Crippen LogP contribution in [0.15, 0.2) is 98.1 Å². The Kier molecular flexibility index (Phi) is 5.50. The molecule has 0 bridgehead atoms. The Morgan fingerprint density at radius 1 is 0.733 bits per heavy atom. The molecule has 0 spiro atoms. The fourth-order valence-corrected chi connectivity index (χ4v) is 4.35. The number of rotatable bonds is 5. The van der Waals surface area contributed by atoms with E-state index < -0.39 is 0 Å². The highest BCUT2D eigenvalue weighted by atomic mass is 14.2. The van der Waals surface area contributed by atoms with Gasteiger partial charge >= 0.3 is 0 Å². The molecule has 0 amide bonds. The minimum atomic E-state index is 1.13. The van der Waals surface area contributed by atoms with Gasteiger partial charge in [0, 0.05) is 0 Å². The predicted octanol–water partition coefficient (Wildman–Crippen LogP) is 8.93. The fourth-order valence-electron chi connectivity index (χ4n) is 4.35. The third kappa shape index (κ3) is 3.21. The lowest BCUT2D eigenvalue weighted by Crippen LogP contribution is -1.95. The van der Waals surface area contributed by atoms with Gasteiger partial charge in [0.2, 0.25) is 0 Å². The molecule has 0 saturated heterocycles. The molecule has 0 atom stereocenters. The van der Waals surface area contributed by atoms with Crippen LogP contribution in [-0.4, -0.2) is 0 Å². The van der Waals surface area contributed by atoms with E-state index in [1.165, 1.54) is 43.8 Å². The van der Waals surface area contributed by atoms with Gasteiger partial charge in [-0.15, -0.1) is 0 Å². The first-order valence-corrected chi connectivity index (χ1v) is 10.4. The summed E-state index contributed by atoms with van der Waals surface area (Å²) in [6, 6.07) is 23.9. The molecular formula is C30H26. The van der Waals surface area contributed by atoms with Crippen LogP contribution in [0.25, 0.3) is 50.4 Å². The van der Waals surface area contributed by atoms with Crippen molar-refractivity contribution in [2.75, 3.05) is 0 Å². The Labute approximate surface area is 179 Å². The molecule has 4 aromatic rings. The molecule has 0 radical (unpaired) electrons. The van der Waals surface area contributed by atoms with Crippen molar-refractivity contribution in [3.63, 3.8) is 0 Å². The van der Waals surface area contributed by atoms with Gasteiger partial charge in [-0.05, 0) is 80.9 Å². The molecule has 4 rings (SSSR count). The Morgan fingerprint density at radius 3 is 2.03 bits per heavy atom. The van der Waals surface area contributed by atoms with Crippen molar-refractivity contribution in [2.24, 2.45) is 0 Å². The number of benzene rings is 4.